The number of aromatic nitrogens is 4. The first-order valence-electron chi connectivity index (χ1n) is 9.02. The van der Waals surface area contributed by atoms with Crippen LogP contribution in [0.3, 0.4) is 0 Å². The van der Waals surface area contributed by atoms with Crippen LogP contribution in [-0.2, 0) is 0 Å². The van der Waals surface area contributed by atoms with Gasteiger partial charge in [-0.05, 0) is 38.3 Å². The maximum Gasteiger partial charge on any atom is 0.257 e. The Kier molecular flexibility index (Phi) is 4.32. The zero-order valence-corrected chi connectivity index (χ0v) is 15.2. The van der Waals surface area contributed by atoms with Gasteiger partial charge in [-0.1, -0.05) is 18.2 Å². The zero-order valence-electron chi connectivity index (χ0n) is 15.2. The van der Waals surface area contributed by atoms with Crippen molar-refractivity contribution in [2.45, 2.75) is 32.7 Å². The molecule has 2 aromatic heterocycles. The van der Waals surface area contributed by atoms with E-state index in [2.05, 4.69) is 27.6 Å². The van der Waals surface area contributed by atoms with Gasteiger partial charge in [0.2, 0.25) is 0 Å². The number of benzene rings is 1. The smallest absolute Gasteiger partial charge is 0.257 e. The van der Waals surface area contributed by atoms with Gasteiger partial charge in [0.1, 0.15) is 0 Å². The van der Waals surface area contributed by atoms with Crippen LogP contribution in [0.4, 0.5) is 0 Å². The standard InChI is InChI=1S/C20H23N5O/c1-15-6-3-4-8-19(15)25-16(2)18(12-22-25)20(26)23-10-5-7-17(13-23)24-11-9-21-14-24/h3-4,6,8-9,11-12,14,17H,5,7,10,13H2,1-2H3/t17-/m1/s1. The highest BCUT2D eigenvalue weighted by molar-refractivity contribution is 5.95. The van der Waals surface area contributed by atoms with Gasteiger partial charge in [0, 0.05) is 25.5 Å². The van der Waals surface area contributed by atoms with Crippen molar-refractivity contribution in [3.63, 3.8) is 0 Å². The highest BCUT2D eigenvalue weighted by Gasteiger charge is 2.27. The van der Waals surface area contributed by atoms with E-state index < -0.39 is 0 Å². The lowest BCUT2D eigenvalue weighted by Crippen LogP contribution is -2.40. The molecule has 1 amide bonds. The summed E-state index contributed by atoms with van der Waals surface area (Å²) < 4.78 is 3.96. The molecular formula is C20H23N5O. The second kappa shape index (κ2) is 6.78. The van der Waals surface area contributed by atoms with E-state index in [0.717, 1.165) is 36.3 Å². The first-order chi connectivity index (χ1) is 12.6. The van der Waals surface area contributed by atoms with Crippen molar-refractivity contribution in [3.05, 3.63) is 66.0 Å². The van der Waals surface area contributed by atoms with Crippen molar-refractivity contribution in [2.24, 2.45) is 0 Å². The van der Waals surface area contributed by atoms with Crippen molar-refractivity contribution >= 4 is 5.91 Å². The maximum atomic E-state index is 13.1. The van der Waals surface area contributed by atoms with Crippen molar-refractivity contribution in [3.8, 4) is 5.69 Å². The quantitative estimate of drug-likeness (QED) is 0.730. The Hall–Kier alpha value is -2.89. The molecule has 1 aromatic carbocycles. The van der Waals surface area contributed by atoms with Gasteiger partial charge >= 0.3 is 0 Å². The summed E-state index contributed by atoms with van der Waals surface area (Å²) in [5.74, 6) is 0.0622. The summed E-state index contributed by atoms with van der Waals surface area (Å²) >= 11 is 0. The number of piperidine rings is 1. The maximum absolute atomic E-state index is 13.1. The average molecular weight is 349 g/mol. The Morgan fingerprint density at radius 2 is 2.08 bits per heavy atom. The molecule has 134 valence electrons. The Morgan fingerprint density at radius 1 is 1.23 bits per heavy atom. The third-order valence-corrected chi connectivity index (χ3v) is 5.21. The van der Waals surface area contributed by atoms with E-state index in [1.165, 1.54) is 0 Å². The van der Waals surface area contributed by atoms with Crippen LogP contribution in [0, 0.1) is 13.8 Å². The molecule has 3 heterocycles. The van der Waals surface area contributed by atoms with Crippen molar-refractivity contribution in [1.82, 2.24) is 24.2 Å². The molecule has 1 atom stereocenters. The first-order valence-corrected chi connectivity index (χ1v) is 9.02. The minimum atomic E-state index is 0.0622. The van der Waals surface area contributed by atoms with Gasteiger partial charge in [-0.2, -0.15) is 5.10 Å². The van der Waals surface area contributed by atoms with Gasteiger partial charge in [-0.3, -0.25) is 4.79 Å². The van der Waals surface area contributed by atoms with E-state index in [1.54, 1.807) is 12.4 Å². The Bertz CT molecular complexity index is 912. The van der Waals surface area contributed by atoms with Crippen LogP contribution in [-0.4, -0.2) is 43.2 Å². The van der Waals surface area contributed by atoms with Crippen LogP contribution in [0.2, 0.25) is 0 Å². The van der Waals surface area contributed by atoms with E-state index in [0.29, 0.717) is 18.2 Å². The minimum absolute atomic E-state index is 0.0622. The normalized spacial score (nSPS) is 17.5. The SMILES string of the molecule is Cc1ccccc1-n1ncc(C(=O)N2CCC[C@@H](n3ccnc3)C2)c1C. The number of amides is 1. The van der Waals surface area contributed by atoms with Crippen molar-refractivity contribution in [2.75, 3.05) is 13.1 Å². The lowest BCUT2D eigenvalue weighted by Gasteiger charge is -2.33. The molecule has 0 N–H and O–H groups in total. The number of aryl methyl sites for hydroxylation is 1. The van der Waals surface area contributed by atoms with Crippen LogP contribution in [0.25, 0.3) is 5.69 Å². The van der Waals surface area contributed by atoms with Crippen molar-refractivity contribution in [1.29, 1.82) is 0 Å². The summed E-state index contributed by atoms with van der Waals surface area (Å²) in [6.07, 6.45) is 9.36. The molecule has 1 aliphatic rings. The van der Waals surface area contributed by atoms with Crippen LogP contribution in [0.5, 0.6) is 0 Å². The molecule has 3 aromatic rings. The average Bonchev–Trinajstić information content (AvgIpc) is 3.32. The molecule has 0 radical (unpaired) electrons. The molecule has 26 heavy (non-hydrogen) atoms. The number of imidazole rings is 1. The molecular weight excluding hydrogens is 326 g/mol. The summed E-state index contributed by atoms with van der Waals surface area (Å²) in [4.78, 5) is 19.2. The summed E-state index contributed by atoms with van der Waals surface area (Å²) in [7, 11) is 0. The number of carbonyl (C=O) groups excluding carboxylic acids is 1. The lowest BCUT2D eigenvalue weighted by atomic mass is 10.0. The van der Waals surface area contributed by atoms with E-state index in [-0.39, 0.29) is 5.91 Å². The second-order valence-electron chi connectivity index (χ2n) is 6.90. The Labute approximate surface area is 153 Å². The number of carbonyl (C=O) groups is 1. The molecule has 6 heteroatoms. The van der Waals surface area contributed by atoms with Crippen LogP contribution >= 0.6 is 0 Å². The molecule has 0 saturated carbocycles. The Morgan fingerprint density at radius 3 is 2.85 bits per heavy atom. The molecule has 1 saturated heterocycles. The fourth-order valence-electron chi connectivity index (χ4n) is 3.70. The molecule has 6 nitrogen and oxygen atoms in total. The highest BCUT2D eigenvalue weighted by Crippen LogP contribution is 2.24. The summed E-state index contributed by atoms with van der Waals surface area (Å²) in [6.45, 7) is 5.52. The highest BCUT2D eigenvalue weighted by atomic mass is 16.2. The van der Waals surface area contributed by atoms with E-state index in [9.17, 15) is 4.79 Å². The van der Waals surface area contributed by atoms with Gasteiger partial charge in [-0.15, -0.1) is 0 Å². The second-order valence-corrected chi connectivity index (χ2v) is 6.90. The number of hydrogen-bond acceptors (Lipinski definition) is 3. The zero-order chi connectivity index (χ0) is 18.1. The van der Waals surface area contributed by atoms with Crippen LogP contribution in [0.15, 0.2) is 49.2 Å². The predicted octanol–water partition coefficient (Wildman–Crippen LogP) is 3.16. The van der Waals surface area contributed by atoms with Crippen molar-refractivity contribution < 1.29 is 4.79 Å². The van der Waals surface area contributed by atoms with E-state index >= 15 is 0 Å². The van der Waals surface area contributed by atoms with Gasteiger partial charge in [0.05, 0.1) is 35.5 Å². The Balaban J connectivity index is 1.58. The fourth-order valence-corrected chi connectivity index (χ4v) is 3.70. The van der Waals surface area contributed by atoms with Gasteiger partial charge in [0.15, 0.2) is 0 Å². The largest absolute Gasteiger partial charge is 0.336 e. The molecule has 0 aliphatic carbocycles. The van der Waals surface area contributed by atoms with Gasteiger partial charge in [0.25, 0.3) is 5.91 Å². The third kappa shape index (κ3) is 2.92. The molecule has 0 bridgehead atoms. The van der Waals surface area contributed by atoms with Gasteiger partial charge < -0.3 is 9.47 Å². The van der Waals surface area contributed by atoms with Crippen LogP contribution < -0.4 is 0 Å². The molecule has 0 unspecified atom stereocenters. The minimum Gasteiger partial charge on any atom is -0.336 e. The van der Waals surface area contributed by atoms with Gasteiger partial charge in [-0.25, -0.2) is 9.67 Å². The first kappa shape index (κ1) is 16.6. The lowest BCUT2D eigenvalue weighted by molar-refractivity contribution is 0.0678. The predicted molar refractivity (Wildman–Crippen MR) is 99.4 cm³/mol. The number of hydrogen-bond donors (Lipinski definition) is 0. The molecule has 4 rings (SSSR count). The molecule has 1 fully saturated rings. The number of nitrogens with zero attached hydrogens (tertiary/aromatic N) is 5. The molecule has 1 aliphatic heterocycles. The number of para-hydroxylation sites is 1. The number of rotatable bonds is 3. The van der Waals surface area contributed by atoms with E-state index in [1.807, 2.05) is 47.2 Å². The summed E-state index contributed by atoms with van der Waals surface area (Å²) in [5, 5.41) is 4.49. The molecule has 0 spiro atoms. The summed E-state index contributed by atoms with van der Waals surface area (Å²) in [5.41, 5.74) is 3.71. The number of likely N-dealkylation sites (tertiary alicyclic amines) is 1. The van der Waals surface area contributed by atoms with E-state index in [4.69, 9.17) is 0 Å². The fraction of sp³-hybridized carbons (Fsp3) is 0.350. The monoisotopic (exact) mass is 349 g/mol. The van der Waals surface area contributed by atoms with Crippen LogP contribution in [0.1, 0.15) is 40.5 Å². The third-order valence-electron chi connectivity index (χ3n) is 5.21. The summed E-state index contributed by atoms with van der Waals surface area (Å²) in [6, 6.07) is 8.37. The topological polar surface area (TPSA) is 56.0 Å².